The van der Waals surface area contributed by atoms with E-state index in [0.717, 1.165) is 17.5 Å². The van der Waals surface area contributed by atoms with Crippen molar-refractivity contribution in [3.8, 4) is 11.5 Å². The van der Waals surface area contributed by atoms with Gasteiger partial charge in [0.15, 0.2) is 11.5 Å². The number of hydrogen-bond acceptors (Lipinski definition) is 6. The van der Waals surface area contributed by atoms with Gasteiger partial charge < -0.3 is 18.9 Å². The van der Waals surface area contributed by atoms with Crippen molar-refractivity contribution in [3.63, 3.8) is 0 Å². The second kappa shape index (κ2) is 10.3. The van der Waals surface area contributed by atoms with E-state index >= 15 is 0 Å². The number of piperidine rings is 1. The van der Waals surface area contributed by atoms with Gasteiger partial charge in [-0.25, -0.2) is 9.69 Å². The van der Waals surface area contributed by atoms with Crippen molar-refractivity contribution in [2.24, 2.45) is 11.8 Å². The summed E-state index contributed by atoms with van der Waals surface area (Å²) in [4.78, 5) is 27.2. The molecule has 2 saturated heterocycles. The lowest BCUT2D eigenvalue weighted by Crippen LogP contribution is -2.54. The Morgan fingerprint density at radius 2 is 1.82 bits per heavy atom. The molecule has 2 aliphatic rings. The maximum Gasteiger partial charge on any atom is 0.417 e. The molecule has 2 fully saturated rings. The van der Waals surface area contributed by atoms with Crippen molar-refractivity contribution in [1.29, 1.82) is 0 Å². The highest BCUT2D eigenvalue weighted by Crippen LogP contribution is 2.44. The first kappa shape index (κ1) is 23.1. The minimum Gasteiger partial charge on any atom is -0.493 e. The van der Waals surface area contributed by atoms with Crippen LogP contribution < -0.4 is 9.47 Å². The molecule has 33 heavy (non-hydrogen) atoms. The predicted molar refractivity (Wildman–Crippen MR) is 123 cm³/mol. The summed E-state index contributed by atoms with van der Waals surface area (Å²) < 4.78 is 21.7. The Kier molecular flexibility index (Phi) is 7.18. The summed E-state index contributed by atoms with van der Waals surface area (Å²) in [6, 6.07) is 15.6. The molecule has 2 aromatic carbocycles. The fraction of sp³-hybridized carbons (Fsp3) is 0.462. The summed E-state index contributed by atoms with van der Waals surface area (Å²) in [6.45, 7) is 3.46. The topological polar surface area (TPSA) is 74.3 Å². The number of hydrogen-bond donors (Lipinski definition) is 0. The van der Waals surface area contributed by atoms with Gasteiger partial charge in [0, 0.05) is 32.0 Å². The van der Waals surface area contributed by atoms with Gasteiger partial charge in [0.1, 0.15) is 6.61 Å². The van der Waals surface area contributed by atoms with Gasteiger partial charge >= 0.3 is 6.09 Å². The third kappa shape index (κ3) is 4.69. The van der Waals surface area contributed by atoms with E-state index in [0.29, 0.717) is 31.1 Å². The predicted octanol–water partition coefficient (Wildman–Crippen LogP) is 4.05. The summed E-state index contributed by atoms with van der Waals surface area (Å²) in [5, 5.41) is 0. The fourth-order valence-electron chi connectivity index (χ4n) is 5.03. The van der Waals surface area contributed by atoms with E-state index in [4.69, 9.17) is 18.9 Å². The molecule has 7 heteroatoms. The minimum atomic E-state index is -0.542. The van der Waals surface area contributed by atoms with Gasteiger partial charge in [-0.1, -0.05) is 43.3 Å². The highest BCUT2D eigenvalue weighted by molar-refractivity contribution is 5.96. The molecule has 2 heterocycles. The molecule has 0 saturated carbocycles. The summed E-state index contributed by atoms with van der Waals surface area (Å²) in [6.07, 6.45) is 0.719. The molecular formula is C26H31NO6. The first-order valence-corrected chi connectivity index (χ1v) is 11.4. The van der Waals surface area contributed by atoms with Gasteiger partial charge in [0.25, 0.3) is 0 Å². The van der Waals surface area contributed by atoms with E-state index in [1.807, 2.05) is 36.4 Å². The van der Waals surface area contributed by atoms with Gasteiger partial charge in [-0.05, 0) is 35.6 Å². The molecule has 0 N–H and O–H groups in total. The van der Waals surface area contributed by atoms with Gasteiger partial charge in [0.05, 0.1) is 19.8 Å². The fourth-order valence-corrected chi connectivity index (χ4v) is 5.03. The highest BCUT2D eigenvalue weighted by Gasteiger charge is 2.53. The second-order valence-electron chi connectivity index (χ2n) is 8.64. The Morgan fingerprint density at radius 3 is 2.55 bits per heavy atom. The van der Waals surface area contributed by atoms with Crippen molar-refractivity contribution in [1.82, 2.24) is 4.90 Å². The zero-order valence-electron chi connectivity index (χ0n) is 19.4. The molecule has 0 bridgehead atoms. The van der Waals surface area contributed by atoms with Crippen molar-refractivity contribution < 1.29 is 28.5 Å². The van der Waals surface area contributed by atoms with E-state index in [2.05, 4.69) is 19.1 Å². The standard InChI is InChI=1S/C26H31NO6/c1-17-20(14-18-10-11-22(31-3)23(15-18)32-13-7-12-30-2)25(28)27-21(16-33-26(27)29)24(17)19-8-5-4-6-9-19/h4-6,8-11,15,17,20-21,24H,7,12-14,16H2,1-3H3/t17?,20-,21+,24?/m1/s1. The van der Waals surface area contributed by atoms with Crippen molar-refractivity contribution in [2.45, 2.75) is 31.7 Å². The van der Waals surface area contributed by atoms with Crippen molar-refractivity contribution in [3.05, 3.63) is 59.7 Å². The second-order valence-corrected chi connectivity index (χ2v) is 8.64. The summed E-state index contributed by atoms with van der Waals surface area (Å²) in [5.41, 5.74) is 2.08. The number of methoxy groups -OCH3 is 2. The first-order chi connectivity index (χ1) is 16.0. The molecule has 7 nitrogen and oxygen atoms in total. The van der Waals surface area contributed by atoms with Crippen LogP contribution in [0.25, 0.3) is 0 Å². The van der Waals surface area contributed by atoms with E-state index in [1.165, 1.54) is 4.90 Å². The van der Waals surface area contributed by atoms with Crippen LogP contribution in [-0.2, 0) is 20.7 Å². The molecule has 2 aliphatic heterocycles. The molecule has 4 atom stereocenters. The molecule has 2 aromatic rings. The maximum atomic E-state index is 13.4. The van der Waals surface area contributed by atoms with Crippen LogP contribution in [0.15, 0.2) is 48.5 Å². The van der Waals surface area contributed by atoms with Gasteiger partial charge in [-0.2, -0.15) is 0 Å². The van der Waals surface area contributed by atoms with E-state index < -0.39 is 6.09 Å². The van der Waals surface area contributed by atoms with Crippen LogP contribution >= 0.6 is 0 Å². The van der Waals surface area contributed by atoms with Gasteiger partial charge in [-0.15, -0.1) is 0 Å². The van der Waals surface area contributed by atoms with Gasteiger partial charge in [-0.3, -0.25) is 4.79 Å². The van der Waals surface area contributed by atoms with Crippen LogP contribution in [0.5, 0.6) is 11.5 Å². The van der Waals surface area contributed by atoms with Gasteiger partial charge in [0.2, 0.25) is 5.91 Å². The zero-order valence-corrected chi connectivity index (χ0v) is 19.4. The average Bonchev–Trinajstić information content (AvgIpc) is 3.21. The SMILES string of the molecule is COCCCOc1cc(C[C@H]2C(=O)N3C(=O)OC[C@H]3C(c3ccccc3)C2C)ccc1OC. The van der Waals surface area contributed by atoms with E-state index in [9.17, 15) is 9.59 Å². The van der Waals surface area contributed by atoms with Crippen LogP contribution in [0.2, 0.25) is 0 Å². The number of fused-ring (bicyclic) bond motifs is 1. The number of rotatable bonds is 9. The van der Waals surface area contributed by atoms with Crippen LogP contribution in [0.1, 0.15) is 30.4 Å². The molecule has 0 aliphatic carbocycles. The van der Waals surface area contributed by atoms with Crippen LogP contribution in [0.3, 0.4) is 0 Å². The smallest absolute Gasteiger partial charge is 0.417 e. The molecule has 2 unspecified atom stereocenters. The van der Waals surface area contributed by atoms with Crippen LogP contribution in [0.4, 0.5) is 4.79 Å². The molecule has 4 rings (SSSR count). The molecule has 176 valence electrons. The lowest BCUT2D eigenvalue weighted by molar-refractivity contribution is -0.140. The molecule has 0 spiro atoms. The molecule has 0 radical (unpaired) electrons. The number of ether oxygens (including phenoxy) is 4. The number of amides is 2. The normalized spacial score (nSPS) is 24.4. The van der Waals surface area contributed by atoms with Crippen molar-refractivity contribution >= 4 is 12.0 Å². The minimum absolute atomic E-state index is 0.0170. The third-order valence-corrected chi connectivity index (χ3v) is 6.69. The Bertz CT molecular complexity index is 978. The Morgan fingerprint density at radius 1 is 1.03 bits per heavy atom. The maximum absolute atomic E-state index is 13.4. The largest absolute Gasteiger partial charge is 0.493 e. The quantitative estimate of drug-likeness (QED) is 0.534. The number of benzene rings is 2. The third-order valence-electron chi connectivity index (χ3n) is 6.69. The molecule has 2 amide bonds. The number of carbonyl (C=O) groups is 2. The Balaban J connectivity index is 1.60. The molecular weight excluding hydrogens is 422 g/mol. The van der Waals surface area contributed by atoms with E-state index in [-0.39, 0.29) is 36.3 Å². The monoisotopic (exact) mass is 453 g/mol. The summed E-state index contributed by atoms with van der Waals surface area (Å²) in [7, 11) is 3.26. The summed E-state index contributed by atoms with van der Waals surface area (Å²) >= 11 is 0. The first-order valence-electron chi connectivity index (χ1n) is 11.4. The van der Waals surface area contributed by atoms with Crippen molar-refractivity contribution in [2.75, 3.05) is 34.0 Å². The lowest BCUT2D eigenvalue weighted by Gasteiger charge is -2.42. The number of imide groups is 1. The average molecular weight is 454 g/mol. The Labute approximate surface area is 194 Å². The molecule has 0 aromatic heterocycles. The highest BCUT2D eigenvalue weighted by atomic mass is 16.6. The lowest BCUT2D eigenvalue weighted by atomic mass is 9.69. The number of carbonyl (C=O) groups excluding carboxylic acids is 2. The number of nitrogens with zero attached hydrogens (tertiary/aromatic N) is 1. The van der Waals surface area contributed by atoms with E-state index in [1.54, 1.807) is 14.2 Å². The summed E-state index contributed by atoms with van der Waals surface area (Å²) in [5.74, 6) is 0.809. The van der Waals surface area contributed by atoms with Crippen LogP contribution in [0, 0.1) is 11.8 Å². The Hall–Kier alpha value is -3.06. The van der Waals surface area contributed by atoms with Crippen LogP contribution in [-0.4, -0.2) is 57.0 Å². The number of cyclic esters (lactones) is 1. The zero-order chi connectivity index (χ0) is 23.4.